The summed E-state index contributed by atoms with van der Waals surface area (Å²) in [4.78, 5) is 27.5. The molecule has 0 bridgehead atoms. The molecule has 188 valence electrons. The maximum Gasteiger partial charge on any atom is 0.254 e. The second-order valence-electron chi connectivity index (χ2n) is 10.7. The van der Waals surface area contributed by atoms with Gasteiger partial charge in [-0.2, -0.15) is 0 Å². The molecule has 4 heterocycles. The number of imidazole rings is 1. The normalized spacial score (nSPS) is 18.2. The van der Waals surface area contributed by atoms with Gasteiger partial charge in [0.05, 0.1) is 24.9 Å². The average Bonchev–Trinajstić information content (AvgIpc) is 3.24. The summed E-state index contributed by atoms with van der Waals surface area (Å²) < 4.78 is 7.87. The van der Waals surface area contributed by atoms with Gasteiger partial charge < -0.3 is 24.4 Å². The molecule has 3 aliphatic rings. The quantitative estimate of drug-likeness (QED) is 0.550. The van der Waals surface area contributed by atoms with Crippen molar-refractivity contribution in [1.29, 1.82) is 0 Å². The molecule has 2 aromatic heterocycles. The van der Waals surface area contributed by atoms with Crippen LogP contribution in [0.15, 0.2) is 36.8 Å². The molecule has 8 nitrogen and oxygen atoms in total. The van der Waals surface area contributed by atoms with Gasteiger partial charge in [-0.3, -0.25) is 9.78 Å². The van der Waals surface area contributed by atoms with Gasteiger partial charge in [0.1, 0.15) is 5.75 Å². The monoisotopic (exact) mass is 486 g/mol. The Morgan fingerprint density at radius 3 is 2.81 bits per heavy atom. The van der Waals surface area contributed by atoms with E-state index < -0.39 is 0 Å². The van der Waals surface area contributed by atoms with Crippen molar-refractivity contribution in [1.82, 2.24) is 24.3 Å². The topological polar surface area (TPSA) is 75.5 Å². The first-order valence-corrected chi connectivity index (χ1v) is 12.8. The van der Waals surface area contributed by atoms with Gasteiger partial charge in [0.15, 0.2) is 0 Å². The number of amides is 1. The number of aromatic nitrogens is 3. The summed E-state index contributed by atoms with van der Waals surface area (Å²) in [7, 11) is 6.06. The fourth-order valence-electron chi connectivity index (χ4n) is 5.95. The van der Waals surface area contributed by atoms with Crippen LogP contribution in [-0.2, 0) is 24.9 Å². The molecule has 36 heavy (non-hydrogen) atoms. The lowest BCUT2D eigenvalue weighted by Crippen LogP contribution is -2.45. The van der Waals surface area contributed by atoms with Crippen LogP contribution in [0.2, 0.25) is 0 Å². The SMILES string of the molecule is CNc1nccn1Cc1cc(CN(C)C)c2c(c1)C(=O)N(C(C)c1cc3c(cn1)CCO3)CC21CC1. The summed E-state index contributed by atoms with van der Waals surface area (Å²) in [6.07, 6.45) is 8.81. The molecular formula is C28H34N6O2. The number of carbonyl (C=O) groups excluding carboxylic acids is 1. The predicted molar refractivity (Wildman–Crippen MR) is 139 cm³/mol. The molecule has 1 spiro atoms. The minimum Gasteiger partial charge on any atom is -0.493 e. The second kappa shape index (κ2) is 8.62. The smallest absolute Gasteiger partial charge is 0.254 e. The average molecular weight is 487 g/mol. The van der Waals surface area contributed by atoms with Crippen LogP contribution in [0.5, 0.6) is 5.75 Å². The zero-order chi connectivity index (χ0) is 25.0. The maximum absolute atomic E-state index is 14.1. The molecule has 1 amide bonds. The molecule has 1 atom stereocenters. The molecule has 3 aromatic rings. The van der Waals surface area contributed by atoms with E-state index >= 15 is 0 Å². The van der Waals surface area contributed by atoms with Crippen LogP contribution in [0.4, 0.5) is 5.95 Å². The van der Waals surface area contributed by atoms with Gasteiger partial charge in [-0.15, -0.1) is 0 Å². The molecule has 1 saturated carbocycles. The Bertz CT molecular complexity index is 1330. The lowest BCUT2D eigenvalue weighted by molar-refractivity contribution is 0.0633. The van der Waals surface area contributed by atoms with E-state index in [4.69, 9.17) is 9.72 Å². The van der Waals surface area contributed by atoms with Gasteiger partial charge >= 0.3 is 0 Å². The number of pyridine rings is 1. The number of hydrogen-bond donors (Lipinski definition) is 1. The third-order valence-electron chi connectivity index (χ3n) is 7.90. The Balaban J connectivity index is 1.40. The summed E-state index contributed by atoms with van der Waals surface area (Å²) in [6, 6.07) is 6.32. The lowest BCUT2D eigenvalue weighted by Gasteiger charge is -2.40. The first kappa shape index (κ1) is 23.0. The lowest BCUT2D eigenvalue weighted by atomic mass is 9.81. The number of fused-ring (bicyclic) bond motifs is 3. The summed E-state index contributed by atoms with van der Waals surface area (Å²) in [5, 5.41) is 3.15. The first-order valence-electron chi connectivity index (χ1n) is 12.8. The van der Waals surface area contributed by atoms with E-state index in [2.05, 4.69) is 52.9 Å². The Labute approximate surface area is 212 Å². The van der Waals surface area contributed by atoms with Crippen LogP contribution in [0, 0.1) is 0 Å². The number of benzene rings is 1. The maximum atomic E-state index is 14.1. The fraction of sp³-hybridized carbons (Fsp3) is 0.464. The van der Waals surface area contributed by atoms with Crippen LogP contribution in [-0.4, -0.2) is 64.5 Å². The van der Waals surface area contributed by atoms with Gasteiger partial charge in [0.2, 0.25) is 5.95 Å². The van der Waals surface area contributed by atoms with Crippen molar-refractivity contribution in [2.75, 3.05) is 39.6 Å². The van der Waals surface area contributed by atoms with Crippen molar-refractivity contribution in [3.63, 3.8) is 0 Å². The number of anilines is 1. The van der Waals surface area contributed by atoms with Crippen molar-refractivity contribution in [3.05, 3.63) is 70.3 Å². The highest BCUT2D eigenvalue weighted by atomic mass is 16.5. The van der Waals surface area contributed by atoms with E-state index in [1.807, 2.05) is 30.4 Å². The van der Waals surface area contributed by atoms with Crippen molar-refractivity contribution in [3.8, 4) is 5.75 Å². The van der Waals surface area contributed by atoms with Crippen LogP contribution in [0.3, 0.4) is 0 Å². The van der Waals surface area contributed by atoms with Gasteiger partial charge in [0, 0.05) is 67.8 Å². The highest BCUT2D eigenvalue weighted by Gasteiger charge is 2.53. The Morgan fingerprint density at radius 2 is 2.06 bits per heavy atom. The van der Waals surface area contributed by atoms with E-state index in [0.717, 1.165) is 66.4 Å². The number of ether oxygens (including phenoxy) is 1. The Kier molecular flexibility index (Phi) is 5.52. The standard InChI is InChI=1S/C28H34N6O2/c1-18(23-13-24-20(14-31-23)5-10-36-24)34-17-28(6-7-28)25-21(16-32(3)4)11-19(12-22(25)26(34)35)15-33-9-8-30-27(33)29-2/h8-9,11-14,18H,5-7,10,15-17H2,1-4H3,(H,29,30). The van der Waals surface area contributed by atoms with E-state index in [-0.39, 0.29) is 17.4 Å². The van der Waals surface area contributed by atoms with E-state index in [1.165, 1.54) is 11.1 Å². The highest BCUT2D eigenvalue weighted by molar-refractivity contribution is 5.98. The van der Waals surface area contributed by atoms with Gasteiger partial charge in [0.25, 0.3) is 5.91 Å². The fourth-order valence-corrected chi connectivity index (χ4v) is 5.95. The molecule has 0 radical (unpaired) electrons. The number of nitrogens with zero attached hydrogens (tertiary/aromatic N) is 5. The van der Waals surface area contributed by atoms with Crippen molar-refractivity contribution in [2.24, 2.45) is 0 Å². The minimum absolute atomic E-state index is 0.0414. The largest absolute Gasteiger partial charge is 0.493 e. The van der Waals surface area contributed by atoms with E-state index in [1.54, 1.807) is 6.20 Å². The summed E-state index contributed by atoms with van der Waals surface area (Å²) in [5.74, 6) is 1.82. The summed E-state index contributed by atoms with van der Waals surface area (Å²) in [5.41, 5.74) is 6.58. The number of hydrogen-bond acceptors (Lipinski definition) is 6. The molecular weight excluding hydrogens is 452 g/mol. The Morgan fingerprint density at radius 1 is 1.22 bits per heavy atom. The predicted octanol–water partition coefficient (Wildman–Crippen LogP) is 3.61. The molecule has 1 N–H and O–H groups in total. The van der Waals surface area contributed by atoms with Crippen molar-refractivity contribution < 1.29 is 9.53 Å². The minimum atomic E-state index is -0.122. The molecule has 1 fully saturated rings. The van der Waals surface area contributed by atoms with Crippen molar-refractivity contribution in [2.45, 2.75) is 50.7 Å². The summed E-state index contributed by atoms with van der Waals surface area (Å²) >= 11 is 0. The molecule has 2 aliphatic heterocycles. The van der Waals surface area contributed by atoms with Crippen LogP contribution in [0.25, 0.3) is 0 Å². The third kappa shape index (κ3) is 3.84. The third-order valence-corrected chi connectivity index (χ3v) is 7.90. The van der Waals surface area contributed by atoms with E-state index in [0.29, 0.717) is 13.2 Å². The highest BCUT2D eigenvalue weighted by Crippen LogP contribution is 2.55. The van der Waals surface area contributed by atoms with Gasteiger partial charge in [-0.05, 0) is 56.6 Å². The number of carbonyl (C=O) groups is 1. The van der Waals surface area contributed by atoms with Gasteiger partial charge in [-0.25, -0.2) is 4.98 Å². The van der Waals surface area contributed by atoms with Crippen LogP contribution < -0.4 is 10.1 Å². The first-order chi connectivity index (χ1) is 17.4. The molecule has 0 saturated heterocycles. The van der Waals surface area contributed by atoms with Gasteiger partial charge in [-0.1, -0.05) is 6.07 Å². The van der Waals surface area contributed by atoms with Crippen molar-refractivity contribution >= 4 is 11.9 Å². The molecule has 8 heteroatoms. The second-order valence-corrected chi connectivity index (χ2v) is 10.7. The zero-order valence-electron chi connectivity index (χ0n) is 21.5. The molecule has 1 unspecified atom stereocenters. The molecule has 6 rings (SSSR count). The Hall–Kier alpha value is -3.39. The van der Waals surface area contributed by atoms with Crippen LogP contribution in [0.1, 0.15) is 64.1 Å². The summed E-state index contributed by atoms with van der Waals surface area (Å²) in [6.45, 7) is 5.01. The molecule has 1 aliphatic carbocycles. The molecule has 1 aromatic carbocycles. The number of rotatable bonds is 7. The van der Waals surface area contributed by atoms with E-state index in [9.17, 15) is 4.79 Å². The van der Waals surface area contributed by atoms with Crippen LogP contribution >= 0.6 is 0 Å². The zero-order valence-corrected chi connectivity index (χ0v) is 21.5. The number of nitrogens with one attached hydrogen (secondary N) is 1.